The van der Waals surface area contributed by atoms with Crippen molar-refractivity contribution in [2.75, 3.05) is 26.2 Å². The number of hydrogen-bond donors (Lipinski definition) is 1. The monoisotopic (exact) mass is 340 g/mol. The Hall–Kier alpha value is -2.21. The lowest BCUT2D eigenvalue weighted by molar-refractivity contribution is 0.0942. The summed E-state index contributed by atoms with van der Waals surface area (Å²) in [6, 6.07) is 7.30. The first-order chi connectivity index (χ1) is 12.2. The van der Waals surface area contributed by atoms with Crippen molar-refractivity contribution in [3.8, 4) is 11.4 Å². The molecule has 6 nitrogen and oxygen atoms in total. The first kappa shape index (κ1) is 16.3. The zero-order valence-corrected chi connectivity index (χ0v) is 14.6. The number of amides is 1. The number of likely N-dealkylation sites (tertiary alicyclic amines) is 1. The van der Waals surface area contributed by atoms with Crippen molar-refractivity contribution in [3.05, 3.63) is 35.7 Å². The summed E-state index contributed by atoms with van der Waals surface area (Å²) in [7, 11) is 0. The minimum absolute atomic E-state index is 0.0316. The van der Waals surface area contributed by atoms with Gasteiger partial charge in [0.05, 0.1) is 0 Å². The summed E-state index contributed by atoms with van der Waals surface area (Å²) in [5.74, 6) is 2.81. The normalized spacial score (nSPS) is 22.9. The quantitative estimate of drug-likeness (QED) is 0.905. The van der Waals surface area contributed by atoms with Gasteiger partial charge in [-0.25, -0.2) is 0 Å². The molecule has 25 heavy (non-hydrogen) atoms. The van der Waals surface area contributed by atoms with Crippen molar-refractivity contribution in [2.45, 2.75) is 26.2 Å². The second-order valence-corrected chi connectivity index (χ2v) is 7.27. The molecule has 1 saturated carbocycles. The Bertz CT molecular complexity index is 728. The average molecular weight is 340 g/mol. The molecular weight excluding hydrogens is 316 g/mol. The van der Waals surface area contributed by atoms with E-state index < -0.39 is 0 Å². The minimum Gasteiger partial charge on any atom is -0.351 e. The Kier molecular flexibility index (Phi) is 4.53. The van der Waals surface area contributed by atoms with Crippen LogP contribution >= 0.6 is 0 Å². The Balaban J connectivity index is 1.28. The molecule has 4 rings (SSSR count). The van der Waals surface area contributed by atoms with Gasteiger partial charge in [0.15, 0.2) is 0 Å². The summed E-state index contributed by atoms with van der Waals surface area (Å²) in [5, 5.41) is 6.92. The molecule has 1 aliphatic carbocycles. The van der Waals surface area contributed by atoms with E-state index >= 15 is 0 Å². The maximum atomic E-state index is 12.3. The summed E-state index contributed by atoms with van der Waals surface area (Å²) in [5.41, 5.74) is 1.50. The van der Waals surface area contributed by atoms with E-state index in [4.69, 9.17) is 4.52 Å². The van der Waals surface area contributed by atoms with Crippen LogP contribution in [0.3, 0.4) is 0 Å². The van der Waals surface area contributed by atoms with Crippen LogP contribution in [0.1, 0.15) is 35.5 Å². The van der Waals surface area contributed by atoms with Gasteiger partial charge in [0, 0.05) is 44.2 Å². The minimum atomic E-state index is -0.0316. The number of carbonyl (C=O) groups excluding carboxylic acids is 1. The topological polar surface area (TPSA) is 71.3 Å². The molecule has 1 aromatic heterocycles. The second-order valence-electron chi connectivity index (χ2n) is 7.27. The lowest BCUT2D eigenvalue weighted by Crippen LogP contribution is -2.41. The van der Waals surface area contributed by atoms with Crippen LogP contribution in [0.15, 0.2) is 28.8 Å². The van der Waals surface area contributed by atoms with E-state index in [0.29, 0.717) is 23.8 Å². The maximum absolute atomic E-state index is 12.3. The van der Waals surface area contributed by atoms with E-state index in [0.717, 1.165) is 23.9 Å². The Morgan fingerprint density at radius 2 is 1.96 bits per heavy atom. The molecule has 132 valence electrons. The van der Waals surface area contributed by atoms with Gasteiger partial charge < -0.3 is 14.7 Å². The number of fused-ring (bicyclic) bond motifs is 2. The van der Waals surface area contributed by atoms with Crippen LogP contribution in [0.4, 0.5) is 0 Å². The summed E-state index contributed by atoms with van der Waals surface area (Å²) in [4.78, 5) is 19.0. The van der Waals surface area contributed by atoms with Crippen LogP contribution in [0.5, 0.6) is 0 Å². The Morgan fingerprint density at radius 1 is 1.24 bits per heavy atom. The van der Waals surface area contributed by atoms with Crippen LogP contribution in [0, 0.1) is 18.8 Å². The molecule has 2 aliphatic rings. The molecule has 2 fully saturated rings. The highest BCUT2D eigenvalue weighted by molar-refractivity contribution is 5.94. The molecule has 1 aromatic carbocycles. The highest BCUT2D eigenvalue weighted by Crippen LogP contribution is 2.35. The number of hydrogen-bond acceptors (Lipinski definition) is 5. The van der Waals surface area contributed by atoms with Gasteiger partial charge in [-0.15, -0.1) is 0 Å². The fourth-order valence-corrected chi connectivity index (χ4v) is 4.11. The molecule has 1 saturated heterocycles. The third-order valence-corrected chi connectivity index (χ3v) is 5.33. The molecule has 2 heterocycles. The fourth-order valence-electron chi connectivity index (χ4n) is 4.11. The van der Waals surface area contributed by atoms with Gasteiger partial charge in [0.1, 0.15) is 0 Å². The van der Waals surface area contributed by atoms with Crippen LogP contribution < -0.4 is 5.32 Å². The molecule has 2 bridgehead atoms. The summed E-state index contributed by atoms with van der Waals surface area (Å²) in [6.45, 7) is 5.80. The first-order valence-corrected chi connectivity index (χ1v) is 9.08. The smallest absolute Gasteiger partial charge is 0.251 e. The number of carbonyl (C=O) groups is 1. The zero-order chi connectivity index (χ0) is 17.2. The molecule has 2 aromatic rings. The van der Waals surface area contributed by atoms with Crippen LogP contribution in [-0.2, 0) is 0 Å². The molecular formula is C19H24N4O2. The lowest BCUT2D eigenvalue weighted by atomic mass is 9.99. The van der Waals surface area contributed by atoms with E-state index in [-0.39, 0.29) is 5.91 Å². The van der Waals surface area contributed by atoms with Crippen molar-refractivity contribution in [1.29, 1.82) is 0 Å². The summed E-state index contributed by atoms with van der Waals surface area (Å²) in [6.07, 6.45) is 4.19. The molecule has 0 radical (unpaired) electrons. The van der Waals surface area contributed by atoms with Gasteiger partial charge in [-0.1, -0.05) is 17.3 Å². The lowest BCUT2D eigenvalue weighted by Gasteiger charge is -2.31. The standard InChI is InChI=1S/C19H24N4O2/c1-13-21-18(22-25-13)16-4-6-17(7-5-16)19(24)20-8-9-23-11-14-2-3-15(10-14)12-23/h4-7,14-15H,2-3,8-12H2,1H3,(H,20,24). The van der Waals surface area contributed by atoms with Gasteiger partial charge >= 0.3 is 0 Å². The number of rotatable bonds is 5. The second kappa shape index (κ2) is 6.96. The SMILES string of the molecule is Cc1nc(-c2ccc(C(=O)NCCN3CC4CCC(C4)C3)cc2)no1. The number of nitrogens with zero attached hydrogens (tertiary/aromatic N) is 3. The first-order valence-electron chi connectivity index (χ1n) is 9.08. The van der Waals surface area contributed by atoms with Crippen LogP contribution in [0.2, 0.25) is 0 Å². The fraction of sp³-hybridized carbons (Fsp3) is 0.526. The van der Waals surface area contributed by atoms with Crippen LogP contribution in [0.25, 0.3) is 11.4 Å². The van der Waals surface area contributed by atoms with Crippen molar-refractivity contribution >= 4 is 5.91 Å². The number of nitrogens with one attached hydrogen (secondary N) is 1. The van der Waals surface area contributed by atoms with E-state index in [1.165, 1.54) is 32.4 Å². The van der Waals surface area contributed by atoms with Gasteiger partial charge in [0.2, 0.25) is 11.7 Å². The van der Waals surface area contributed by atoms with E-state index in [2.05, 4.69) is 20.4 Å². The van der Waals surface area contributed by atoms with Crippen molar-refractivity contribution in [3.63, 3.8) is 0 Å². The van der Waals surface area contributed by atoms with Gasteiger partial charge in [-0.2, -0.15) is 4.98 Å². The predicted octanol–water partition coefficient (Wildman–Crippen LogP) is 2.51. The van der Waals surface area contributed by atoms with Gasteiger partial charge in [-0.3, -0.25) is 4.79 Å². The van der Waals surface area contributed by atoms with Gasteiger partial charge in [0.25, 0.3) is 5.91 Å². The van der Waals surface area contributed by atoms with Crippen LogP contribution in [-0.4, -0.2) is 47.1 Å². The number of aromatic nitrogens is 2. The summed E-state index contributed by atoms with van der Waals surface area (Å²) >= 11 is 0. The maximum Gasteiger partial charge on any atom is 0.251 e. The third-order valence-electron chi connectivity index (χ3n) is 5.33. The average Bonchev–Trinajstić information content (AvgIpc) is 3.20. The molecule has 6 heteroatoms. The van der Waals surface area contributed by atoms with E-state index in [9.17, 15) is 4.79 Å². The zero-order valence-electron chi connectivity index (χ0n) is 14.6. The van der Waals surface area contributed by atoms with Crippen molar-refractivity contribution < 1.29 is 9.32 Å². The van der Waals surface area contributed by atoms with Crippen molar-refractivity contribution in [1.82, 2.24) is 20.4 Å². The van der Waals surface area contributed by atoms with Crippen molar-refractivity contribution in [2.24, 2.45) is 11.8 Å². The highest BCUT2D eigenvalue weighted by atomic mass is 16.5. The molecule has 0 spiro atoms. The number of aryl methyl sites for hydroxylation is 1. The number of piperidine rings is 1. The Labute approximate surface area is 147 Å². The predicted molar refractivity (Wildman–Crippen MR) is 94.1 cm³/mol. The molecule has 2 atom stereocenters. The third kappa shape index (κ3) is 3.74. The largest absolute Gasteiger partial charge is 0.351 e. The number of benzene rings is 1. The Morgan fingerprint density at radius 3 is 2.60 bits per heavy atom. The summed E-state index contributed by atoms with van der Waals surface area (Å²) < 4.78 is 4.98. The molecule has 2 unspecified atom stereocenters. The van der Waals surface area contributed by atoms with Gasteiger partial charge in [-0.05, 0) is 43.2 Å². The highest BCUT2D eigenvalue weighted by Gasteiger charge is 2.32. The molecule has 1 aliphatic heterocycles. The molecule has 1 amide bonds. The molecule has 1 N–H and O–H groups in total. The van der Waals surface area contributed by atoms with E-state index in [1.807, 2.05) is 12.1 Å². The van der Waals surface area contributed by atoms with E-state index in [1.54, 1.807) is 19.1 Å².